The van der Waals surface area contributed by atoms with Gasteiger partial charge in [-0.2, -0.15) is 0 Å². The first-order valence-corrected chi connectivity index (χ1v) is 10.9. The molecule has 2 aromatic heterocycles. The zero-order valence-electron chi connectivity index (χ0n) is 17.7. The largest absolute Gasteiger partial charge is 0.383 e. The summed E-state index contributed by atoms with van der Waals surface area (Å²) < 4.78 is 0. The van der Waals surface area contributed by atoms with Crippen LogP contribution in [0.3, 0.4) is 0 Å². The first-order valence-electron chi connectivity index (χ1n) is 10.5. The van der Waals surface area contributed by atoms with Crippen molar-refractivity contribution in [1.29, 1.82) is 0 Å². The number of nitrogens with zero attached hydrogens (tertiary/aromatic N) is 5. The van der Waals surface area contributed by atoms with Crippen LogP contribution in [-0.4, -0.2) is 49.8 Å². The summed E-state index contributed by atoms with van der Waals surface area (Å²) in [5, 5.41) is 3.63. The van der Waals surface area contributed by atoms with Crippen molar-refractivity contribution >= 4 is 45.0 Å². The van der Waals surface area contributed by atoms with Crippen LogP contribution in [0.5, 0.6) is 0 Å². The number of rotatable bonds is 4. The first-order chi connectivity index (χ1) is 15.5. The van der Waals surface area contributed by atoms with Crippen LogP contribution < -0.4 is 5.73 Å². The number of pyridine rings is 1. The van der Waals surface area contributed by atoms with Crippen molar-refractivity contribution in [2.45, 2.75) is 26.1 Å². The Kier molecular flexibility index (Phi) is 5.36. The van der Waals surface area contributed by atoms with Gasteiger partial charge in [0.2, 0.25) is 5.91 Å². The molecule has 0 saturated carbocycles. The Morgan fingerprint density at radius 1 is 1.03 bits per heavy atom. The Balaban J connectivity index is 1.28. The Morgan fingerprint density at radius 3 is 2.78 bits per heavy atom. The zero-order valence-corrected chi connectivity index (χ0v) is 18.5. The summed E-state index contributed by atoms with van der Waals surface area (Å²) in [5.41, 5.74) is 8.68. The minimum Gasteiger partial charge on any atom is -0.383 e. The van der Waals surface area contributed by atoms with E-state index in [1.165, 1.54) is 6.33 Å². The molecule has 1 amide bonds. The molecule has 0 spiro atoms. The van der Waals surface area contributed by atoms with Gasteiger partial charge in [0.25, 0.3) is 0 Å². The number of halogens is 1. The van der Waals surface area contributed by atoms with Crippen LogP contribution in [0.25, 0.3) is 21.7 Å². The molecule has 3 heterocycles. The van der Waals surface area contributed by atoms with E-state index in [4.69, 9.17) is 17.3 Å². The third-order valence-corrected chi connectivity index (χ3v) is 6.32. The molecule has 0 radical (unpaired) electrons. The van der Waals surface area contributed by atoms with E-state index in [1.807, 2.05) is 54.4 Å². The fourth-order valence-corrected chi connectivity index (χ4v) is 4.42. The second-order valence-corrected chi connectivity index (χ2v) is 8.62. The number of carbonyl (C=O) groups excluding carboxylic acids is 1. The van der Waals surface area contributed by atoms with Gasteiger partial charge in [0.05, 0.1) is 17.3 Å². The minimum absolute atomic E-state index is 0.117. The summed E-state index contributed by atoms with van der Waals surface area (Å²) in [4.78, 5) is 30.1. The molecule has 32 heavy (non-hydrogen) atoms. The molecule has 7 nitrogen and oxygen atoms in total. The standard InChI is InChI=1S/C24H23ClN6O/c1-15-24(32)31(12-16-2-5-21-22(8-16)28-14-29-23(21)26)7-6-30(15)13-20-10-17-3-4-19(25)9-18(17)11-27-20/h2-5,8-11,14-15H,6-7,12-13H2,1H3,(H2,26,28,29). The molecule has 5 rings (SSSR count). The van der Waals surface area contributed by atoms with E-state index in [2.05, 4.69) is 25.9 Å². The second-order valence-electron chi connectivity index (χ2n) is 8.18. The molecule has 2 aromatic carbocycles. The monoisotopic (exact) mass is 446 g/mol. The van der Waals surface area contributed by atoms with Crippen LogP contribution in [0, 0.1) is 0 Å². The molecule has 4 aromatic rings. The first kappa shape index (κ1) is 20.6. The van der Waals surface area contributed by atoms with Crippen molar-refractivity contribution < 1.29 is 4.79 Å². The molecule has 1 unspecified atom stereocenters. The molecule has 0 bridgehead atoms. The number of anilines is 1. The average Bonchev–Trinajstić information content (AvgIpc) is 2.79. The topological polar surface area (TPSA) is 88.2 Å². The average molecular weight is 447 g/mol. The Labute approximate surface area is 190 Å². The lowest BCUT2D eigenvalue weighted by Gasteiger charge is -2.39. The number of aromatic nitrogens is 3. The maximum atomic E-state index is 13.1. The number of nitrogens with two attached hydrogens (primary N) is 1. The predicted octanol–water partition coefficient (Wildman–Crippen LogP) is 3.65. The number of benzene rings is 2. The maximum absolute atomic E-state index is 13.1. The molecule has 2 N–H and O–H groups in total. The van der Waals surface area contributed by atoms with Crippen molar-refractivity contribution in [2.24, 2.45) is 0 Å². The number of amides is 1. The van der Waals surface area contributed by atoms with Crippen LogP contribution in [0.2, 0.25) is 5.02 Å². The second kappa shape index (κ2) is 8.33. The van der Waals surface area contributed by atoms with Crippen molar-refractivity contribution in [2.75, 3.05) is 18.8 Å². The number of fused-ring (bicyclic) bond motifs is 2. The summed E-state index contributed by atoms with van der Waals surface area (Å²) in [6, 6.07) is 13.5. The van der Waals surface area contributed by atoms with Gasteiger partial charge >= 0.3 is 0 Å². The molecule has 0 aliphatic carbocycles. The Hall–Kier alpha value is -3.29. The lowest BCUT2D eigenvalue weighted by atomic mass is 10.1. The highest BCUT2D eigenvalue weighted by atomic mass is 35.5. The van der Waals surface area contributed by atoms with Gasteiger partial charge in [-0.3, -0.25) is 14.7 Å². The highest BCUT2D eigenvalue weighted by molar-refractivity contribution is 6.31. The summed E-state index contributed by atoms with van der Waals surface area (Å²) in [7, 11) is 0. The SMILES string of the molecule is CC1C(=O)N(Cc2ccc3c(N)ncnc3c2)CCN1Cc1cc2ccc(Cl)cc2cn1. The number of nitrogen functional groups attached to an aromatic ring is 1. The highest BCUT2D eigenvalue weighted by Crippen LogP contribution is 2.23. The van der Waals surface area contributed by atoms with Crippen molar-refractivity contribution in [3.05, 3.63) is 71.3 Å². The van der Waals surface area contributed by atoms with Gasteiger partial charge in [0, 0.05) is 48.2 Å². The minimum atomic E-state index is -0.218. The van der Waals surface area contributed by atoms with Gasteiger partial charge in [-0.1, -0.05) is 23.7 Å². The normalized spacial score (nSPS) is 17.4. The van der Waals surface area contributed by atoms with Crippen LogP contribution in [0.1, 0.15) is 18.2 Å². The van der Waals surface area contributed by atoms with E-state index >= 15 is 0 Å². The number of carbonyl (C=O) groups is 1. The maximum Gasteiger partial charge on any atom is 0.239 e. The van der Waals surface area contributed by atoms with E-state index in [9.17, 15) is 4.79 Å². The summed E-state index contributed by atoms with van der Waals surface area (Å²) in [5.74, 6) is 0.580. The number of piperazine rings is 1. The third kappa shape index (κ3) is 3.97. The van der Waals surface area contributed by atoms with E-state index in [0.717, 1.165) is 39.5 Å². The van der Waals surface area contributed by atoms with E-state index in [1.54, 1.807) is 0 Å². The smallest absolute Gasteiger partial charge is 0.239 e. The van der Waals surface area contributed by atoms with E-state index in [-0.39, 0.29) is 11.9 Å². The third-order valence-electron chi connectivity index (χ3n) is 6.08. The molecule has 8 heteroatoms. The lowest BCUT2D eigenvalue weighted by Crippen LogP contribution is -2.54. The van der Waals surface area contributed by atoms with Gasteiger partial charge < -0.3 is 10.6 Å². The van der Waals surface area contributed by atoms with E-state index in [0.29, 0.717) is 30.5 Å². The van der Waals surface area contributed by atoms with Crippen LogP contribution in [0.4, 0.5) is 5.82 Å². The lowest BCUT2D eigenvalue weighted by molar-refractivity contribution is -0.142. The molecular formula is C24H23ClN6O. The summed E-state index contributed by atoms with van der Waals surface area (Å²) in [6.07, 6.45) is 3.30. The molecular weight excluding hydrogens is 424 g/mol. The quantitative estimate of drug-likeness (QED) is 0.514. The van der Waals surface area contributed by atoms with Crippen LogP contribution >= 0.6 is 11.6 Å². The van der Waals surface area contributed by atoms with Crippen molar-refractivity contribution in [3.63, 3.8) is 0 Å². The molecule has 1 aliphatic rings. The van der Waals surface area contributed by atoms with Crippen LogP contribution in [-0.2, 0) is 17.9 Å². The Morgan fingerprint density at radius 2 is 1.91 bits per heavy atom. The molecule has 1 atom stereocenters. The van der Waals surface area contributed by atoms with E-state index < -0.39 is 0 Å². The molecule has 1 saturated heterocycles. The molecule has 1 aliphatic heterocycles. The Bertz CT molecular complexity index is 1330. The van der Waals surface area contributed by atoms with Gasteiger partial charge in [0.1, 0.15) is 12.1 Å². The van der Waals surface area contributed by atoms with Gasteiger partial charge in [-0.05, 0) is 48.2 Å². The molecule has 1 fully saturated rings. The number of hydrogen-bond acceptors (Lipinski definition) is 6. The summed E-state index contributed by atoms with van der Waals surface area (Å²) >= 11 is 6.07. The molecule has 162 valence electrons. The number of hydrogen-bond donors (Lipinski definition) is 1. The highest BCUT2D eigenvalue weighted by Gasteiger charge is 2.31. The van der Waals surface area contributed by atoms with Crippen molar-refractivity contribution in [3.8, 4) is 0 Å². The summed E-state index contributed by atoms with van der Waals surface area (Å²) in [6.45, 7) is 4.59. The van der Waals surface area contributed by atoms with Gasteiger partial charge in [-0.15, -0.1) is 0 Å². The van der Waals surface area contributed by atoms with Gasteiger partial charge in [-0.25, -0.2) is 9.97 Å². The predicted molar refractivity (Wildman–Crippen MR) is 126 cm³/mol. The zero-order chi connectivity index (χ0) is 22.2. The fraction of sp³-hybridized carbons (Fsp3) is 0.250. The van der Waals surface area contributed by atoms with Crippen molar-refractivity contribution in [1.82, 2.24) is 24.8 Å². The van der Waals surface area contributed by atoms with Gasteiger partial charge in [0.15, 0.2) is 0 Å². The van der Waals surface area contributed by atoms with Crippen LogP contribution in [0.15, 0.2) is 55.0 Å². The fourth-order valence-electron chi connectivity index (χ4n) is 4.24.